The number of unbranched alkanes of at least 4 members (excludes halogenated alkanes) is 29. The fourth-order valence-corrected chi connectivity index (χ4v) is 17.2. The van der Waals surface area contributed by atoms with Gasteiger partial charge in [0.15, 0.2) is 44.0 Å². The maximum absolute atomic E-state index is 13.7. The van der Waals surface area contributed by atoms with Gasteiger partial charge in [0.05, 0.1) is 64.0 Å². The van der Waals surface area contributed by atoms with Gasteiger partial charge in [-0.1, -0.05) is 206 Å². The molecule has 0 aromatic carbocycles. The molecular weight excluding hydrogens is 1650 g/mol. The first-order chi connectivity index (χ1) is 60.0. The molecule has 0 bridgehead atoms. The predicted octanol–water partition coefficient (Wildman–Crippen LogP) is -0.984. The van der Waals surface area contributed by atoms with Crippen LogP contribution in [-0.2, 0) is 80.7 Å². The van der Waals surface area contributed by atoms with E-state index in [1.54, 1.807) is 6.08 Å². The Balaban J connectivity index is 1.06. The van der Waals surface area contributed by atoms with Crippen molar-refractivity contribution in [1.29, 1.82) is 0 Å². The summed E-state index contributed by atoms with van der Waals surface area (Å²) in [6.07, 6.45) is -25.8. The van der Waals surface area contributed by atoms with E-state index in [1.807, 2.05) is 6.08 Å². The molecule has 37 atom stereocenters. The van der Waals surface area contributed by atoms with Crippen LogP contribution in [0, 0.1) is 0 Å². The Hall–Kier alpha value is -3.17. The second kappa shape index (κ2) is 57.4. The van der Waals surface area contributed by atoms with Crippen LogP contribution in [0.15, 0.2) is 12.2 Å². The molecule has 125 heavy (non-hydrogen) atoms. The summed E-state index contributed by atoms with van der Waals surface area (Å²) in [5.74, 6) is -2.17. The quantitative estimate of drug-likeness (QED) is 0.0257. The molecule has 7 aliphatic heterocycles. The lowest BCUT2D eigenvalue weighted by molar-refractivity contribution is -0.396. The SMILES string of the molecule is CCCCCCCCCCCCC/C=C/[C@@H](O)[C@H](CO[C@@H]1OC(CO)[C@@H](O[C@@H]2OC(CO)[C@H](O)[C@H](O[C@@H]3OC(CO)[C@@H](O[C@H]4OC(C)[C@@H](O)C(O)[C@@H]4O)[C@H](O[C@@H]4OC(CO)[C@H](O)[C@H](O[C@@H]5OC(CO)[C@@H](O)[C@H](O[C@H]6OC(C)[C@@H](O)C(O)[C@@H]6O)C5NC(C)=O)C4O)C3NC(C)=O)C2O)[C@H](O)C1O)NC(=O)CCCCCCCCCCCCCCCCCCCCC. The zero-order chi connectivity index (χ0) is 91.4. The van der Waals surface area contributed by atoms with Gasteiger partial charge >= 0.3 is 0 Å². The summed E-state index contributed by atoms with van der Waals surface area (Å²) in [7, 11) is 0. The van der Waals surface area contributed by atoms with E-state index in [9.17, 15) is 111 Å². The van der Waals surface area contributed by atoms with E-state index in [1.165, 1.54) is 149 Å². The van der Waals surface area contributed by atoms with Crippen molar-refractivity contribution >= 4 is 17.7 Å². The molecule has 22 N–H and O–H groups in total. The molecule has 14 unspecified atom stereocenters. The summed E-state index contributed by atoms with van der Waals surface area (Å²) in [4.78, 5) is 40.3. The molecule has 7 rings (SSSR count). The zero-order valence-corrected chi connectivity index (χ0v) is 73.8. The maximum Gasteiger partial charge on any atom is 0.220 e. The van der Waals surface area contributed by atoms with E-state index in [4.69, 9.17) is 66.3 Å². The van der Waals surface area contributed by atoms with Crippen LogP contribution < -0.4 is 16.0 Å². The Morgan fingerprint density at radius 3 is 1.05 bits per heavy atom. The lowest BCUT2D eigenvalue weighted by atomic mass is 9.93. The van der Waals surface area contributed by atoms with Crippen LogP contribution in [0.5, 0.6) is 0 Å². The number of carbonyl (C=O) groups is 3. The number of hydrogen-bond donors (Lipinski definition) is 22. The largest absolute Gasteiger partial charge is 0.394 e. The molecule has 0 saturated carbocycles. The lowest BCUT2D eigenvalue weighted by Crippen LogP contribution is -2.72. The fraction of sp³-hybridized carbons (Fsp3) is 0.942. The fourth-order valence-electron chi connectivity index (χ4n) is 17.2. The molecule has 7 aliphatic rings. The number of carbonyl (C=O) groups excluding carboxylic acids is 3. The van der Waals surface area contributed by atoms with Gasteiger partial charge in [0.2, 0.25) is 17.7 Å². The molecule has 3 amide bonds. The lowest BCUT2D eigenvalue weighted by Gasteiger charge is -2.52. The zero-order valence-electron chi connectivity index (χ0n) is 73.8. The van der Waals surface area contributed by atoms with E-state index in [0.29, 0.717) is 12.8 Å². The third kappa shape index (κ3) is 32.9. The second-order valence-electron chi connectivity index (χ2n) is 34.8. The molecule has 0 aliphatic carbocycles. The monoisotopic (exact) mass is 1810 g/mol. The molecule has 0 spiro atoms. The van der Waals surface area contributed by atoms with Gasteiger partial charge in [-0.15, -0.1) is 0 Å². The first-order valence-electron chi connectivity index (χ1n) is 46.2. The van der Waals surface area contributed by atoms with Gasteiger partial charge in [-0.25, -0.2) is 0 Å². The van der Waals surface area contributed by atoms with Crippen LogP contribution in [0.2, 0.25) is 0 Å². The number of ether oxygens (including phenoxy) is 14. The number of aliphatic hydroxyl groups is 19. The minimum Gasteiger partial charge on any atom is -0.394 e. The molecule has 0 aromatic rings. The Bertz CT molecular complexity index is 2970. The van der Waals surface area contributed by atoms with Crippen molar-refractivity contribution in [3.8, 4) is 0 Å². The maximum atomic E-state index is 13.7. The number of hydrogen-bond acceptors (Lipinski definition) is 36. The highest BCUT2D eigenvalue weighted by Gasteiger charge is 2.60. The minimum atomic E-state index is -2.39. The molecule has 39 nitrogen and oxygen atoms in total. The van der Waals surface area contributed by atoms with Crippen LogP contribution in [0.3, 0.4) is 0 Å². The first kappa shape index (κ1) is 109. The third-order valence-electron chi connectivity index (χ3n) is 24.8. The average Bonchev–Trinajstić information content (AvgIpc) is 0.760. The van der Waals surface area contributed by atoms with Crippen LogP contribution in [0.4, 0.5) is 0 Å². The van der Waals surface area contributed by atoms with E-state index in [2.05, 4.69) is 29.8 Å². The highest BCUT2D eigenvalue weighted by Crippen LogP contribution is 2.40. The van der Waals surface area contributed by atoms with Crippen LogP contribution in [0.25, 0.3) is 0 Å². The van der Waals surface area contributed by atoms with E-state index < -0.39 is 278 Å². The molecule has 0 aromatic heterocycles. The molecule has 0 radical (unpaired) electrons. The Morgan fingerprint density at radius 2 is 0.640 bits per heavy atom. The van der Waals surface area contributed by atoms with Crippen LogP contribution in [-0.4, -0.2) is 381 Å². The van der Waals surface area contributed by atoms with Crippen molar-refractivity contribution in [2.45, 2.75) is 474 Å². The number of aliphatic hydroxyl groups excluding tert-OH is 19. The van der Waals surface area contributed by atoms with Crippen molar-refractivity contribution in [3.63, 3.8) is 0 Å². The molecular formula is C86H155N3O36. The Morgan fingerprint density at radius 1 is 0.328 bits per heavy atom. The number of amides is 3. The normalized spacial score (nSPS) is 38.3. The first-order valence-corrected chi connectivity index (χ1v) is 46.2. The predicted molar refractivity (Wildman–Crippen MR) is 442 cm³/mol. The van der Waals surface area contributed by atoms with Gasteiger partial charge in [-0.05, 0) is 33.1 Å². The second-order valence-corrected chi connectivity index (χ2v) is 34.8. The summed E-state index contributed by atoms with van der Waals surface area (Å²) < 4.78 is 85.0. The average molecular weight is 1810 g/mol. The summed E-state index contributed by atoms with van der Waals surface area (Å²) in [5.41, 5.74) is 0. The minimum absolute atomic E-state index is 0.154. The van der Waals surface area contributed by atoms with Crippen LogP contribution in [0.1, 0.15) is 247 Å². The van der Waals surface area contributed by atoms with Gasteiger partial charge < -0.3 is 179 Å². The van der Waals surface area contributed by atoms with Gasteiger partial charge in [-0.2, -0.15) is 0 Å². The van der Waals surface area contributed by atoms with Gasteiger partial charge in [0.1, 0.15) is 159 Å². The van der Waals surface area contributed by atoms with Gasteiger partial charge in [-0.3, -0.25) is 14.4 Å². The van der Waals surface area contributed by atoms with E-state index >= 15 is 0 Å². The van der Waals surface area contributed by atoms with Crippen molar-refractivity contribution in [2.75, 3.05) is 39.6 Å². The summed E-state index contributed by atoms with van der Waals surface area (Å²) in [6.45, 7) is 3.24. The standard InChI is InChI=1S/C86H155N3O36/c1-7-9-11-13-15-17-19-21-22-23-24-25-26-28-30-32-34-36-38-40-58(98)89-51(52(97)39-37-35-33-31-29-27-20-18-16-14-12-10-8-2)46-112-82-71(109)68(106)74(56(44-93)119-82)120-85-72(110)78(64(102)54(42-91)116-85)125-81-60(88-50(6)96)77(75(57(45-94)118-81)121-83-69(107)66(104)61(99)47(3)113-83)123-86-73(111)79(65(103)55(43-92)117-86)124-80-59(87-49(5)95)76(63(101)53(41-90)115-80)122-84-70(108)67(105)62(100)48(4)114-84/h37,39,47-48,51-57,59-86,90-94,97,99-111H,7-36,38,40-46H2,1-6H3,(H,87,95)(H,88,96)(H,89,98)/b39-37+/t47?,48?,51-,52+,53?,54?,55?,56?,57?,59?,60?,61+,62+,63+,64-,65-,66?,67?,68+,69-,70-,71?,72?,73?,74+,75+,76+,77+,78-,79-,80-,81-,82+,83+,84+,85-,86-/m0/s1. The highest BCUT2D eigenvalue weighted by molar-refractivity contribution is 5.76. The van der Waals surface area contributed by atoms with Gasteiger partial charge in [0.25, 0.3) is 0 Å². The molecule has 39 heteroatoms. The van der Waals surface area contributed by atoms with Crippen LogP contribution >= 0.6 is 0 Å². The van der Waals surface area contributed by atoms with Crippen molar-refractivity contribution in [1.82, 2.24) is 16.0 Å². The summed E-state index contributed by atoms with van der Waals surface area (Å²) in [5, 5.41) is 223. The van der Waals surface area contributed by atoms with Crippen molar-refractivity contribution < 1.29 is 178 Å². The molecule has 7 saturated heterocycles. The van der Waals surface area contributed by atoms with Crippen molar-refractivity contribution in [3.05, 3.63) is 12.2 Å². The highest BCUT2D eigenvalue weighted by atomic mass is 16.8. The third-order valence-corrected chi connectivity index (χ3v) is 24.8. The van der Waals surface area contributed by atoms with Crippen molar-refractivity contribution in [2.24, 2.45) is 0 Å². The Kier molecular flexibility index (Phi) is 50.0. The number of rotatable bonds is 57. The number of nitrogens with one attached hydrogen (secondary N) is 3. The molecule has 730 valence electrons. The Labute approximate surface area is 734 Å². The molecule has 7 fully saturated rings. The summed E-state index contributed by atoms with van der Waals surface area (Å²) >= 11 is 0. The number of allylic oxidation sites excluding steroid dienone is 1. The van der Waals surface area contributed by atoms with E-state index in [0.717, 1.165) is 65.2 Å². The smallest absolute Gasteiger partial charge is 0.220 e. The van der Waals surface area contributed by atoms with E-state index in [-0.39, 0.29) is 12.3 Å². The molecule has 7 heterocycles. The topological polar surface area (TPSA) is 601 Å². The van der Waals surface area contributed by atoms with Gasteiger partial charge in [0, 0.05) is 20.3 Å². The summed E-state index contributed by atoms with van der Waals surface area (Å²) in [6, 6.07) is -4.86.